The minimum atomic E-state index is -3.65. The molecule has 0 bridgehead atoms. The summed E-state index contributed by atoms with van der Waals surface area (Å²) in [4.78, 5) is 12.3. The number of H-pyrrole nitrogens is 1. The predicted molar refractivity (Wildman–Crippen MR) is 104 cm³/mol. The highest BCUT2D eigenvalue weighted by atomic mass is 32.2. The number of anilines is 1. The Balaban J connectivity index is 1.60. The second kappa shape index (κ2) is 8.15. The van der Waals surface area contributed by atoms with E-state index in [2.05, 4.69) is 20.2 Å². The first-order valence-corrected chi connectivity index (χ1v) is 10.0. The summed E-state index contributed by atoms with van der Waals surface area (Å²) in [5, 5.41) is 9.50. The number of amides is 1. The molecule has 3 N–H and O–H groups in total. The molecule has 1 unspecified atom stereocenters. The lowest BCUT2D eigenvalue weighted by Crippen LogP contribution is -2.42. The number of carbonyl (C=O) groups is 1. The Morgan fingerprint density at radius 2 is 1.70 bits per heavy atom. The first-order valence-electron chi connectivity index (χ1n) is 8.38. The topological polar surface area (TPSA) is 104 Å². The summed E-state index contributed by atoms with van der Waals surface area (Å²) in [5.74, 6) is -0.350. The molecule has 3 aromatic rings. The molecule has 7 nitrogen and oxygen atoms in total. The van der Waals surface area contributed by atoms with Crippen molar-refractivity contribution in [1.29, 1.82) is 0 Å². The lowest BCUT2D eigenvalue weighted by molar-refractivity contribution is -0.117. The summed E-state index contributed by atoms with van der Waals surface area (Å²) in [6, 6.07) is 19.1. The highest BCUT2D eigenvalue weighted by Crippen LogP contribution is 2.19. The van der Waals surface area contributed by atoms with E-state index in [1.165, 1.54) is 6.92 Å². The van der Waals surface area contributed by atoms with Crippen LogP contribution in [0.25, 0.3) is 11.3 Å². The van der Waals surface area contributed by atoms with Crippen molar-refractivity contribution in [2.45, 2.75) is 18.7 Å². The molecule has 0 saturated carbocycles. The number of sulfonamides is 1. The number of aromatic nitrogens is 2. The fourth-order valence-corrected chi connectivity index (χ4v) is 3.90. The van der Waals surface area contributed by atoms with Crippen molar-refractivity contribution in [2.24, 2.45) is 0 Å². The van der Waals surface area contributed by atoms with E-state index in [0.29, 0.717) is 11.4 Å². The van der Waals surface area contributed by atoms with Crippen molar-refractivity contribution in [3.8, 4) is 11.3 Å². The van der Waals surface area contributed by atoms with Crippen LogP contribution in [-0.2, 0) is 20.6 Å². The molecule has 0 fully saturated rings. The molecule has 140 valence electrons. The fourth-order valence-electron chi connectivity index (χ4n) is 2.54. The van der Waals surface area contributed by atoms with Gasteiger partial charge in [-0.2, -0.15) is 5.10 Å². The van der Waals surface area contributed by atoms with Crippen LogP contribution in [0.1, 0.15) is 12.5 Å². The predicted octanol–water partition coefficient (Wildman–Crippen LogP) is 2.52. The molecule has 1 atom stereocenters. The van der Waals surface area contributed by atoms with Crippen LogP contribution in [0.2, 0.25) is 0 Å². The summed E-state index contributed by atoms with van der Waals surface area (Å²) in [6.07, 6.45) is 0. The Labute approximate surface area is 157 Å². The van der Waals surface area contributed by atoms with E-state index in [0.717, 1.165) is 11.3 Å². The molecule has 1 aromatic heterocycles. The van der Waals surface area contributed by atoms with Gasteiger partial charge in [0.1, 0.15) is 0 Å². The number of benzene rings is 2. The van der Waals surface area contributed by atoms with E-state index in [9.17, 15) is 13.2 Å². The van der Waals surface area contributed by atoms with Gasteiger partial charge in [-0.25, -0.2) is 13.1 Å². The summed E-state index contributed by atoms with van der Waals surface area (Å²) in [7, 11) is -3.65. The molecule has 0 saturated heterocycles. The molecule has 1 heterocycles. The van der Waals surface area contributed by atoms with Crippen molar-refractivity contribution in [1.82, 2.24) is 14.9 Å². The molecule has 8 heteroatoms. The Morgan fingerprint density at radius 1 is 1.07 bits per heavy atom. The van der Waals surface area contributed by atoms with Crippen LogP contribution in [0.3, 0.4) is 0 Å². The molecular formula is C19H20N4O3S. The van der Waals surface area contributed by atoms with Gasteiger partial charge in [-0.3, -0.25) is 9.89 Å². The van der Waals surface area contributed by atoms with Gasteiger partial charge in [0.05, 0.1) is 17.5 Å². The number of rotatable bonds is 7. The van der Waals surface area contributed by atoms with Gasteiger partial charge in [0.2, 0.25) is 15.9 Å². The molecule has 2 aromatic carbocycles. The summed E-state index contributed by atoms with van der Waals surface area (Å²) >= 11 is 0. The molecule has 3 rings (SSSR count). The average molecular weight is 384 g/mol. The summed E-state index contributed by atoms with van der Waals surface area (Å²) < 4.78 is 26.9. The summed E-state index contributed by atoms with van der Waals surface area (Å²) in [5.41, 5.74) is 2.34. The van der Waals surface area contributed by atoms with E-state index < -0.39 is 22.0 Å². The van der Waals surface area contributed by atoms with Crippen LogP contribution < -0.4 is 10.0 Å². The zero-order chi connectivity index (χ0) is 19.3. The molecule has 0 spiro atoms. The third kappa shape index (κ3) is 5.25. The lowest BCUT2D eigenvalue weighted by Gasteiger charge is -2.13. The Hall–Kier alpha value is -2.97. The van der Waals surface area contributed by atoms with Gasteiger partial charge in [0.15, 0.2) is 5.82 Å². The highest BCUT2D eigenvalue weighted by Gasteiger charge is 2.21. The number of nitrogens with zero attached hydrogens (tertiary/aromatic N) is 1. The maximum absolute atomic E-state index is 12.3. The van der Waals surface area contributed by atoms with Crippen LogP contribution in [0, 0.1) is 0 Å². The molecule has 0 aliphatic carbocycles. The van der Waals surface area contributed by atoms with Gasteiger partial charge in [0.25, 0.3) is 0 Å². The first-order chi connectivity index (χ1) is 12.9. The lowest BCUT2D eigenvalue weighted by atomic mass is 10.1. The molecule has 1 amide bonds. The monoisotopic (exact) mass is 384 g/mol. The molecule has 0 aliphatic rings. The van der Waals surface area contributed by atoms with Crippen LogP contribution in [0.4, 0.5) is 5.82 Å². The normalized spacial score (nSPS) is 12.5. The minimum absolute atomic E-state index is 0.188. The van der Waals surface area contributed by atoms with E-state index in [4.69, 9.17) is 0 Å². The van der Waals surface area contributed by atoms with E-state index in [1.807, 2.05) is 36.4 Å². The number of nitrogens with one attached hydrogen (secondary N) is 3. The first kappa shape index (κ1) is 18.8. The van der Waals surface area contributed by atoms with Gasteiger partial charge >= 0.3 is 0 Å². The van der Waals surface area contributed by atoms with E-state index >= 15 is 0 Å². The van der Waals surface area contributed by atoms with Crippen molar-refractivity contribution >= 4 is 21.7 Å². The Kier molecular flexibility index (Phi) is 5.68. The number of aromatic amines is 1. The SMILES string of the molecule is CC(NS(=O)(=O)Cc1ccccc1)C(=O)Nc1cc(-c2ccccc2)[nH]n1. The maximum atomic E-state index is 12.3. The van der Waals surface area contributed by atoms with Crippen molar-refractivity contribution < 1.29 is 13.2 Å². The van der Waals surface area contributed by atoms with Gasteiger partial charge in [-0.05, 0) is 18.1 Å². The summed E-state index contributed by atoms with van der Waals surface area (Å²) in [6.45, 7) is 1.49. The van der Waals surface area contributed by atoms with Gasteiger partial charge in [-0.1, -0.05) is 60.7 Å². The van der Waals surface area contributed by atoms with Crippen molar-refractivity contribution in [3.63, 3.8) is 0 Å². The number of hydrogen-bond acceptors (Lipinski definition) is 4. The van der Waals surface area contributed by atoms with E-state index in [1.54, 1.807) is 30.3 Å². The van der Waals surface area contributed by atoms with Gasteiger partial charge in [0, 0.05) is 6.07 Å². The molecular weight excluding hydrogens is 364 g/mol. The number of hydrogen-bond donors (Lipinski definition) is 3. The Morgan fingerprint density at radius 3 is 2.37 bits per heavy atom. The van der Waals surface area contributed by atoms with Crippen molar-refractivity contribution in [2.75, 3.05) is 5.32 Å². The zero-order valence-corrected chi connectivity index (χ0v) is 15.5. The standard InChI is InChI=1S/C19H20N4O3S/c1-14(23-27(25,26)13-15-8-4-2-5-9-15)19(24)20-18-12-17(21-22-18)16-10-6-3-7-11-16/h2-12,14,23H,13H2,1H3,(H2,20,21,22,24). The largest absolute Gasteiger partial charge is 0.308 e. The zero-order valence-electron chi connectivity index (χ0n) is 14.7. The quantitative estimate of drug-likeness (QED) is 0.582. The van der Waals surface area contributed by atoms with Crippen LogP contribution in [-0.4, -0.2) is 30.6 Å². The van der Waals surface area contributed by atoms with Crippen molar-refractivity contribution in [3.05, 3.63) is 72.3 Å². The number of carbonyl (C=O) groups excluding carboxylic acids is 1. The van der Waals surface area contributed by atoms with E-state index in [-0.39, 0.29) is 5.75 Å². The molecule has 0 radical (unpaired) electrons. The van der Waals surface area contributed by atoms with Gasteiger partial charge in [-0.15, -0.1) is 0 Å². The van der Waals surface area contributed by atoms with Crippen LogP contribution in [0.5, 0.6) is 0 Å². The fraction of sp³-hybridized carbons (Fsp3) is 0.158. The third-order valence-corrected chi connectivity index (χ3v) is 5.29. The molecule has 0 aliphatic heterocycles. The Bertz CT molecular complexity index is 1000. The van der Waals surface area contributed by atoms with Gasteiger partial charge < -0.3 is 5.32 Å². The maximum Gasteiger partial charge on any atom is 0.243 e. The smallest absolute Gasteiger partial charge is 0.243 e. The third-order valence-electron chi connectivity index (χ3n) is 3.86. The average Bonchev–Trinajstić information content (AvgIpc) is 3.11. The molecule has 27 heavy (non-hydrogen) atoms. The van der Waals surface area contributed by atoms with Crippen LogP contribution in [0.15, 0.2) is 66.7 Å². The second-order valence-electron chi connectivity index (χ2n) is 6.11. The highest BCUT2D eigenvalue weighted by molar-refractivity contribution is 7.88. The minimum Gasteiger partial charge on any atom is -0.308 e. The second-order valence-corrected chi connectivity index (χ2v) is 7.86. The van der Waals surface area contributed by atoms with Crippen LogP contribution >= 0.6 is 0 Å².